The van der Waals surface area contributed by atoms with E-state index in [4.69, 9.17) is 16.2 Å². The van der Waals surface area contributed by atoms with Crippen LogP contribution < -0.4 is 26.2 Å². The van der Waals surface area contributed by atoms with Gasteiger partial charge in [-0.25, -0.2) is 9.71 Å². The van der Waals surface area contributed by atoms with Crippen LogP contribution >= 0.6 is 0 Å². The smallest absolute Gasteiger partial charge is 0.301 e. The second kappa shape index (κ2) is 10.4. The molecule has 0 radical (unpaired) electrons. The van der Waals surface area contributed by atoms with Gasteiger partial charge in [-0.3, -0.25) is 9.36 Å². The topological polar surface area (TPSA) is 233 Å². The molecule has 3 heterocycles. The number of rotatable bonds is 8. The number of nitrogen functional groups attached to an aromatic ring is 2. The third-order valence-electron chi connectivity index (χ3n) is 6.00. The van der Waals surface area contributed by atoms with Crippen LogP contribution in [-0.2, 0) is 14.9 Å². The fourth-order valence-electron chi connectivity index (χ4n) is 4.07. The maximum atomic E-state index is 12.4. The molecule has 16 heteroatoms. The van der Waals surface area contributed by atoms with Crippen molar-refractivity contribution in [2.75, 3.05) is 23.3 Å². The lowest BCUT2D eigenvalue weighted by molar-refractivity contribution is -0.0330. The van der Waals surface area contributed by atoms with E-state index in [1.807, 2.05) is 35.1 Å². The normalized spacial score (nSPS) is 21.2. The molecule has 0 aliphatic carbocycles. The summed E-state index contributed by atoms with van der Waals surface area (Å²) >= 11 is 0. The molecule has 9 N–H and O–H groups in total. The summed E-state index contributed by atoms with van der Waals surface area (Å²) in [5.41, 5.74) is 13.0. The number of carbonyl (C=O) groups is 1. The number of nitrogens with one attached hydrogen (secondary N) is 3. The third-order valence-corrected chi connectivity index (χ3v) is 7.00. The Kier molecular flexibility index (Phi) is 7.02. The van der Waals surface area contributed by atoms with Crippen LogP contribution in [0.3, 0.4) is 0 Å². The number of amides is 1. The highest BCUT2D eigenvalue weighted by atomic mass is 32.2. The lowest BCUT2D eigenvalue weighted by atomic mass is 10.1. The van der Waals surface area contributed by atoms with Gasteiger partial charge < -0.3 is 31.7 Å². The number of aliphatic hydroxyl groups excluding tert-OH is 2. The Bertz CT molecular complexity index is 1620. The zero-order valence-electron chi connectivity index (χ0n) is 20.2. The molecule has 2 aromatic carbocycles. The molecule has 39 heavy (non-hydrogen) atoms. The number of nitrogens with two attached hydrogens (primary N) is 2. The van der Waals surface area contributed by atoms with E-state index in [0.717, 1.165) is 0 Å². The van der Waals surface area contributed by atoms with Gasteiger partial charge in [0, 0.05) is 17.9 Å². The molecule has 15 nitrogen and oxygen atoms in total. The summed E-state index contributed by atoms with van der Waals surface area (Å²) in [6.07, 6.45) is -4.01. The molecular formula is C23H25N9O6S. The van der Waals surface area contributed by atoms with Gasteiger partial charge >= 0.3 is 10.2 Å². The quantitative estimate of drug-likeness (QED) is 0.138. The number of para-hydroxylation sites is 2. The Morgan fingerprint density at radius 2 is 1.74 bits per heavy atom. The van der Waals surface area contributed by atoms with Crippen LogP contribution in [0.4, 0.5) is 23.1 Å². The summed E-state index contributed by atoms with van der Waals surface area (Å²) in [6, 6.07) is 15.1. The van der Waals surface area contributed by atoms with E-state index < -0.39 is 47.2 Å². The Labute approximate surface area is 222 Å². The van der Waals surface area contributed by atoms with Gasteiger partial charge in [-0.05, 0) is 24.3 Å². The predicted molar refractivity (Wildman–Crippen MR) is 141 cm³/mol. The van der Waals surface area contributed by atoms with Crippen LogP contribution in [0, 0.1) is 0 Å². The van der Waals surface area contributed by atoms with Crippen LogP contribution in [0.1, 0.15) is 16.6 Å². The fraction of sp³-hybridized carbons (Fsp3) is 0.217. The van der Waals surface area contributed by atoms with E-state index in [9.17, 15) is 23.4 Å². The Balaban J connectivity index is 1.30. The maximum Gasteiger partial charge on any atom is 0.301 e. The summed E-state index contributed by atoms with van der Waals surface area (Å²) < 4.78 is 36.0. The minimum absolute atomic E-state index is 0.0233. The van der Waals surface area contributed by atoms with E-state index in [1.54, 1.807) is 6.07 Å². The van der Waals surface area contributed by atoms with Crippen molar-refractivity contribution >= 4 is 50.4 Å². The number of carbonyl (C=O) groups excluding carboxylic acids is 1. The monoisotopic (exact) mass is 555 g/mol. The van der Waals surface area contributed by atoms with Crippen molar-refractivity contribution in [3.05, 3.63) is 66.5 Å². The van der Waals surface area contributed by atoms with Gasteiger partial charge in [0.1, 0.15) is 23.8 Å². The summed E-state index contributed by atoms with van der Waals surface area (Å²) in [6.45, 7) is -0.466. The van der Waals surface area contributed by atoms with Crippen LogP contribution in [0.25, 0.3) is 11.2 Å². The first-order chi connectivity index (χ1) is 18.6. The van der Waals surface area contributed by atoms with Crippen molar-refractivity contribution in [2.24, 2.45) is 0 Å². The molecule has 4 atom stereocenters. The average Bonchev–Trinajstić information content (AvgIpc) is 3.44. The number of benzene rings is 2. The number of imidazole rings is 1. The van der Waals surface area contributed by atoms with Crippen molar-refractivity contribution in [1.82, 2.24) is 29.0 Å². The molecule has 0 spiro atoms. The van der Waals surface area contributed by atoms with Crippen LogP contribution in [0.15, 0.2) is 60.9 Å². The molecule has 1 aliphatic heterocycles. The van der Waals surface area contributed by atoms with Crippen LogP contribution in [0.5, 0.6) is 0 Å². The first-order valence-corrected chi connectivity index (χ1v) is 13.1. The van der Waals surface area contributed by atoms with Gasteiger partial charge in [-0.2, -0.15) is 23.1 Å². The van der Waals surface area contributed by atoms with Crippen molar-refractivity contribution in [3.8, 4) is 0 Å². The lowest BCUT2D eigenvalue weighted by Crippen LogP contribution is -2.45. The minimum Gasteiger partial charge on any atom is -0.398 e. The average molecular weight is 556 g/mol. The fourth-order valence-corrected chi connectivity index (χ4v) is 4.88. The second-order valence-electron chi connectivity index (χ2n) is 8.66. The molecule has 4 aromatic rings. The summed E-state index contributed by atoms with van der Waals surface area (Å²) in [5.74, 6) is -0.696. The molecule has 0 unspecified atom stereocenters. The van der Waals surface area contributed by atoms with Gasteiger partial charge in [0.05, 0.1) is 11.9 Å². The second-order valence-corrected chi connectivity index (χ2v) is 10.2. The maximum absolute atomic E-state index is 12.4. The van der Waals surface area contributed by atoms with Crippen molar-refractivity contribution in [1.29, 1.82) is 0 Å². The van der Waals surface area contributed by atoms with Gasteiger partial charge in [-0.15, -0.1) is 0 Å². The summed E-state index contributed by atoms with van der Waals surface area (Å²) in [4.78, 5) is 25.2. The van der Waals surface area contributed by atoms with Crippen molar-refractivity contribution in [2.45, 2.75) is 24.5 Å². The molecule has 5 rings (SSSR count). The standard InChI is InChI=1S/C23H25N9O6S/c24-14-9-5-4-8-13(14)21(35)31-39(36,37)27-10-15-17(33)18(34)22(38-15)32-11-26-16-19(25)29-23(30-20(16)32)28-12-6-2-1-3-7-12/h1-9,11,15,17-18,22,27,33-34H,10,24H2,(H,31,35)(H3,25,28,29,30)/t15-,17-,18-,22-/m1/s1. The van der Waals surface area contributed by atoms with E-state index >= 15 is 0 Å². The lowest BCUT2D eigenvalue weighted by Gasteiger charge is -2.17. The highest BCUT2D eigenvalue weighted by Crippen LogP contribution is 2.32. The molecule has 204 valence electrons. The van der Waals surface area contributed by atoms with E-state index in [-0.39, 0.29) is 34.2 Å². The molecular weight excluding hydrogens is 530 g/mol. The molecule has 0 bridgehead atoms. The van der Waals surface area contributed by atoms with Crippen molar-refractivity contribution < 1.29 is 28.2 Å². The summed E-state index contributed by atoms with van der Waals surface area (Å²) in [5, 5.41) is 24.3. The largest absolute Gasteiger partial charge is 0.398 e. The Morgan fingerprint density at radius 1 is 1.03 bits per heavy atom. The van der Waals surface area contributed by atoms with Crippen LogP contribution in [0.2, 0.25) is 0 Å². The van der Waals surface area contributed by atoms with Gasteiger partial charge in [0.2, 0.25) is 5.95 Å². The number of aromatic nitrogens is 4. The molecule has 1 aliphatic rings. The Morgan fingerprint density at radius 3 is 2.49 bits per heavy atom. The SMILES string of the molecule is Nc1ccccc1C(=O)NS(=O)(=O)NC[C@H]1O[C@@H](n2cnc3c(N)nc(Nc4ccccc4)nc32)[C@H](O)[C@@H]1O. The number of hydrogen-bond donors (Lipinski definition) is 7. The molecule has 1 amide bonds. The first-order valence-electron chi connectivity index (χ1n) is 11.6. The number of aliphatic hydroxyl groups is 2. The van der Waals surface area contributed by atoms with Gasteiger partial charge in [0.15, 0.2) is 17.7 Å². The first kappa shape index (κ1) is 26.3. The zero-order chi connectivity index (χ0) is 27.7. The van der Waals surface area contributed by atoms with Gasteiger partial charge in [0.25, 0.3) is 5.91 Å². The molecule has 2 aromatic heterocycles. The highest BCUT2D eigenvalue weighted by molar-refractivity contribution is 7.88. The van der Waals surface area contributed by atoms with E-state index in [1.165, 1.54) is 29.1 Å². The molecule has 1 saturated heterocycles. The van der Waals surface area contributed by atoms with E-state index in [2.05, 4.69) is 25.0 Å². The van der Waals surface area contributed by atoms with Crippen LogP contribution in [-0.4, -0.2) is 68.9 Å². The van der Waals surface area contributed by atoms with Crippen molar-refractivity contribution in [3.63, 3.8) is 0 Å². The number of ether oxygens (including phenoxy) is 1. The predicted octanol–water partition coefficient (Wildman–Crippen LogP) is -0.382. The molecule has 1 fully saturated rings. The van der Waals surface area contributed by atoms with Gasteiger partial charge in [-0.1, -0.05) is 30.3 Å². The number of hydrogen-bond acceptors (Lipinski definition) is 12. The number of anilines is 4. The number of nitrogens with zero attached hydrogens (tertiary/aromatic N) is 4. The minimum atomic E-state index is -4.36. The third kappa shape index (κ3) is 5.45. The summed E-state index contributed by atoms with van der Waals surface area (Å²) in [7, 11) is -4.36. The zero-order valence-corrected chi connectivity index (χ0v) is 21.0. The highest BCUT2D eigenvalue weighted by Gasteiger charge is 2.44. The van der Waals surface area contributed by atoms with E-state index in [0.29, 0.717) is 5.69 Å². The number of fused-ring (bicyclic) bond motifs is 1. The Hall–Kier alpha value is -4.35. The molecule has 0 saturated carbocycles.